The second-order valence-electron chi connectivity index (χ2n) is 6.32. The van der Waals surface area contributed by atoms with E-state index < -0.39 is 16.8 Å². The van der Waals surface area contributed by atoms with Crippen LogP contribution in [0, 0.1) is 10.1 Å². The Morgan fingerprint density at radius 1 is 1.03 bits per heavy atom. The number of esters is 1. The molecule has 152 valence electrons. The monoisotopic (exact) mass is 405 g/mol. The van der Waals surface area contributed by atoms with Gasteiger partial charge in [0.15, 0.2) is 0 Å². The van der Waals surface area contributed by atoms with E-state index in [0.29, 0.717) is 11.3 Å². The molecule has 0 unspecified atom stereocenters. The van der Waals surface area contributed by atoms with E-state index in [9.17, 15) is 19.7 Å². The van der Waals surface area contributed by atoms with E-state index in [1.807, 2.05) is 0 Å². The van der Waals surface area contributed by atoms with Crippen LogP contribution < -0.4 is 4.90 Å². The SMILES string of the molecule is CCOC(=O)c1ccc(N(Cc2ccncc2)C(=O)c2cccc([N+](=O)[O-])c2)cc1. The lowest BCUT2D eigenvalue weighted by Crippen LogP contribution is -2.30. The van der Waals surface area contributed by atoms with E-state index in [4.69, 9.17) is 4.74 Å². The first kappa shape index (κ1) is 20.7. The van der Waals surface area contributed by atoms with Crippen LogP contribution in [0.2, 0.25) is 0 Å². The summed E-state index contributed by atoms with van der Waals surface area (Å²) >= 11 is 0. The van der Waals surface area contributed by atoms with E-state index in [-0.39, 0.29) is 24.4 Å². The summed E-state index contributed by atoms with van der Waals surface area (Å²) < 4.78 is 4.99. The molecule has 0 saturated carbocycles. The van der Waals surface area contributed by atoms with Gasteiger partial charge in [0.05, 0.1) is 23.6 Å². The van der Waals surface area contributed by atoms with Gasteiger partial charge < -0.3 is 9.64 Å². The van der Waals surface area contributed by atoms with Gasteiger partial charge in [0, 0.05) is 35.8 Å². The third-order valence-corrected chi connectivity index (χ3v) is 4.33. The van der Waals surface area contributed by atoms with Gasteiger partial charge in [-0.15, -0.1) is 0 Å². The molecule has 8 nitrogen and oxygen atoms in total. The van der Waals surface area contributed by atoms with Crippen molar-refractivity contribution in [3.05, 3.63) is 99.9 Å². The molecule has 2 aromatic carbocycles. The highest BCUT2D eigenvalue weighted by Crippen LogP contribution is 2.23. The lowest BCUT2D eigenvalue weighted by molar-refractivity contribution is -0.384. The zero-order valence-corrected chi connectivity index (χ0v) is 16.2. The van der Waals surface area contributed by atoms with Gasteiger partial charge in [-0.1, -0.05) is 6.07 Å². The third kappa shape index (κ3) is 4.85. The number of carbonyl (C=O) groups is 2. The van der Waals surface area contributed by atoms with Gasteiger partial charge >= 0.3 is 5.97 Å². The minimum Gasteiger partial charge on any atom is -0.462 e. The van der Waals surface area contributed by atoms with Crippen molar-refractivity contribution in [2.24, 2.45) is 0 Å². The number of non-ortho nitro benzene ring substituents is 1. The molecule has 0 aliphatic rings. The fourth-order valence-electron chi connectivity index (χ4n) is 2.85. The van der Waals surface area contributed by atoms with Crippen LogP contribution in [0.15, 0.2) is 73.1 Å². The average Bonchev–Trinajstić information content (AvgIpc) is 2.78. The number of aromatic nitrogens is 1. The van der Waals surface area contributed by atoms with Crippen LogP contribution in [0.5, 0.6) is 0 Å². The summed E-state index contributed by atoms with van der Waals surface area (Å²) in [7, 11) is 0. The van der Waals surface area contributed by atoms with E-state index in [2.05, 4.69) is 4.98 Å². The summed E-state index contributed by atoms with van der Waals surface area (Å²) in [6, 6.07) is 15.6. The van der Waals surface area contributed by atoms with Crippen molar-refractivity contribution < 1.29 is 19.2 Å². The Bertz CT molecular complexity index is 1050. The fourth-order valence-corrected chi connectivity index (χ4v) is 2.85. The molecule has 0 atom stereocenters. The smallest absolute Gasteiger partial charge is 0.338 e. The molecular weight excluding hydrogens is 386 g/mol. The Morgan fingerprint density at radius 3 is 2.37 bits per heavy atom. The van der Waals surface area contributed by atoms with Gasteiger partial charge in [-0.2, -0.15) is 0 Å². The first-order valence-electron chi connectivity index (χ1n) is 9.22. The molecule has 3 aromatic rings. The molecule has 0 aliphatic heterocycles. The Labute approximate surface area is 172 Å². The van der Waals surface area contributed by atoms with Crippen molar-refractivity contribution in [2.75, 3.05) is 11.5 Å². The number of nitrogens with zero attached hydrogens (tertiary/aromatic N) is 3. The van der Waals surface area contributed by atoms with E-state index in [0.717, 1.165) is 5.56 Å². The van der Waals surface area contributed by atoms with E-state index in [1.54, 1.807) is 55.7 Å². The van der Waals surface area contributed by atoms with Gasteiger partial charge in [0.25, 0.3) is 11.6 Å². The molecule has 1 amide bonds. The summed E-state index contributed by atoms with van der Waals surface area (Å²) in [6.45, 7) is 2.21. The number of benzene rings is 2. The quantitative estimate of drug-likeness (QED) is 0.334. The summed E-state index contributed by atoms with van der Waals surface area (Å²) in [4.78, 5) is 41.2. The number of hydrogen-bond acceptors (Lipinski definition) is 6. The summed E-state index contributed by atoms with van der Waals surface area (Å²) in [5.74, 6) is -0.853. The highest BCUT2D eigenvalue weighted by atomic mass is 16.6. The predicted molar refractivity (Wildman–Crippen MR) is 110 cm³/mol. The molecule has 8 heteroatoms. The number of ether oxygens (including phenoxy) is 1. The largest absolute Gasteiger partial charge is 0.462 e. The minimum atomic E-state index is -0.544. The average molecular weight is 405 g/mol. The Balaban J connectivity index is 1.96. The molecule has 0 N–H and O–H groups in total. The van der Waals surface area contributed by atoms with Crippen LogP contribution in [0.25, 0.3) is 0 Å². The van der Waals surface area contributed by atoms with Crippen LogP contribution in [0.1, 0.15) is 33.2 Å². The molecule has 0 radical (unpaired) electrons. The van der Waals surface area contributed by atoms with Gasteiger partial charge in [-0.25, -0.2) is 4.79 Å². The number of rotatable bonds is 7. The molecule has 30 heavy (non-hydrogen) atoms. The molecular formula is C22H19N3O5. The van der Waals surface area contributed by atoms with Crippen molar-refractivity contribution >= 4 is 23.3 Å². The second kappa shape index (κ2) is 9.42. The van der Waals surface area contributed by atoms with Crippen molar-refractivity contribution in [3.8, 4) is 0 Å². The zero-order valence-electron chi connectivity index (χ0n) is 16.2. The first-order valence-corrected chi connectivity index (χ1v) is 9.22. The van der Waals surface area contributed by atoms with E-state index >= 15 is 0 Å². The highest BCUT2D eigenvalue weighted by molar-refractivity contribution is 6.06. The maximum Gasteiger partial charge on any atom is 0.338 e. The molecule has 0 fully saturated rings. The minimum absolute atomic E-state index is 0.164. The van der Waals surface area contributed by atoms with Crippen LogP contribution in [-0.4, -0.2) is 28.4 Å². The normalized spacial score (nSPS) is 10.3. The third-order valence-electron chi connectivity index (χ3n) is 4.33. The molecule has 0 bridgehead atoms. The number of amides is 1. The molecule has 1 aromatic heterocycles. The Morgan fingerprint density at radius 2 is 1.73 bits per heavy atom. The van der Waals surface area contributed by atoms with Crippen LogP contribution >= 0.6 is 0 Å². The zero-order chi connectivity index (χ0) is 21.5. The van der Waals surface area contributed by atoms with Gasteiger partial charge in [-0.3, -0.25) is 19.9 Å². The summed E-state index contributed by atoms with van der Waals surface area (Å²) in [6.07, 6.45) is 3.24. The Hall–Kier alpha value is -4.07. The summed E-state index contributed by atoms with van der Waals surface area (Å²) in [5, 5.41) is 11.1. The highest BCUT2D eigenvalue weighted by Gasteiger charge is 2.21. The maximum absolute atomic E-state index is 13.2. The van der Waals surface area contributed by atoms with Crippen LogP contribution in [0.3, 0.4) is 0 Å². The van der Waals surface area contributed by atoms with Gasteiger partial charge in [0.1, 0.15) is 0 Å². The lowest BCUT2D eigenvalue weighted by atomic mass is 10.1. The lowest BCUT2D eigenvalue weighted by Gasteiger charge is -2.23. The number of anilines is 1. The molecule has 0 aliphatic carbocycles. The van der Waals surface area contributed by atoms with Crippen LogP contribution in [0.4, 0.5) is 11.4 Å². The number of hydrogen-bond donors (Lipinski definition) is 0. The Kier molecular flexibility index (Phi) is 6.49. The van der Waals surface area contributed by atoms with Crippen molar-refractivity contribution in [2.45, 2.75) is 13.5 Å². The topological polar surface area (TPSA) is 103 Å². The molecule has 1 heterocycles. The van der Waals surface area contributed by atoms with Gasteiger partial charge in [0.2, 0.25) is 0 Å². The van der Waals surface area contributed by atoms with Crippen molar-refractivity contribution in [3.63, 3.8) is 0 Å². The van der Waals surface area contributed by atoms with E-state index in [1.165, 1.54) is 29.2 Å². The molecule has 0 saturated heterocycles. The number of nitro benzene ring substituents is 1. The fraction of sp³-hybridized carbons (Fsp3) is 0.136. The molecule has 0 spiro atoms. The first-order chi connectivity index (χ1) is 14.5. The standard InChI is InChI=1S/C22H19N3O5/c1-2-30-22(27)17-6-8-19(9-7-17)24(15-16-10-12-23-13-11-16)21(26)18-4-3-5-20(14-18)25(28)29/h3-14H,2,15H2,1H3. The number of carbonyl (C=O) groups excluding carboxylic acids is 2. The maximum atomic E-state index is 13.2. The van der Waals surface area contributed by atoms with Crippen LogP contribution in [-0.2, 0) is 11.3 Å². The number of pyridine rings is 1. The summed E-state index contributed by atoms with van der Waals surface area (Å²) in [5.41, 5.74) is 1.76. The van der Waals surface area contributed by atoms with Gasteiger partial charge in [-0.05, 0) is 55.0 Å². The molecule has 3 rings (SSSR count). The van der Waals surface area contributed by atoms with Crippen molar-refractivity contribution in [1.29, 1.82) is 0 Å². The van der Waals surface area contributed by atoms with Crippen molar-refractivity contribution in [1.82, 2.24) is 4.98 Å². The second-order valence-corrected chi connectivity index (χ2v) is 6.32. The predicted octanol–water partition coefficient (Wildman–Crippen LogP) is 4.01. The number of nitro groups is 1.